The molecule has 2 rings (SSSR count). The Bertz CT molecular complexity index is 674. The number of nitrogen functional groups attached to an aromatic ring is 3. The van der Waals surface area contributed by atoms with Crippen molar-refractivity contribution in [2.24, 2.45) is 11.6 Å². The van der Waals surface area contributed by atoms with Gasteiger partial charge in [0.2, 0.25) is 5.91 Å². The van der Waals surface area contributed by atoms with E-state index in [2.05, 4.69) is 10.4 Å². The number of pyridine rings is 1. The molecule has 0 aliphatic rings. The number of primary amides is 1. The fourth-order valence-corrected chi connectivity index (χ4v) is 1.82. The van der Waals surface area contributed by atoms with E-state index >= 15 is 0 Å². The average molecular weight is 288 g/mol. The van der Waals surface area contributed by atoms with Gasteiger partial charge in [0.1, 0.15) is 23.9 Å². The molecule has 0 fully saturated rings. The van der Waals surface area contributed by atoms with Crippen molar-refractivity contribution in [3.05, 3.63) is 41.5 Å². The van der Waals surface area contributed by atoms with Gasteiger partial charge in [-0.15, -0.1) is 0 Å². The minimum Gasteiger partial charge on any atom is -0.486 e. The van der Waals surface area contributed by atoms with Gasteiger partial charge < -0.3 is 27.4 Å². The molecule has 0 radical (unpaired) electrons. The number of carbonyl (C=O) groups is 1. The number of rotatable bonds is 5. The van der Waals surface area contributed by atoms with Crippen molar-refractivity contribution in [1.82, 2.24) is 4.98 Å². The Hall–Kier alpha value is -3.00. The van der Waals surface area contributed by atoms with Crippen LogP contribution in [0.15, 0.2) is 30.3 Å². The quantitative estimate of drug-likeness (QED) is 0.389. The Morgan fingerprint density at radius 1 is 1.29 bits per heavy atom. The molecule has 0 saturated heterocycles. The number of ether oxygens (including phenoxy) is 1. The molecular formula is C13H16N6O2. The molecule has 0 spiro atoms. The Morgan fingerprint density at radius 3 is 2.67 bits per heavy atom. The van der Waals surface area contributed by atoms with Crippen molar-refractivity contribution >= 4 is 23.2 Å². The van der Waals surface area contributed by atoms with Crippen molar-refractivity contribution in [3.63, 3.8) is 0 Å². The van der Waals surface area contributed by atoms with Crippen molar-refractivity contribution in [2.75, 3.05) is 16.9 Å². The van der Waals surface area contributed by atoms with Gasteiger partial charge in [0.05, 0.1) is 0 Å². The predicted octanol–water partition coefficient (Wildman–Crippen LogP) is 0.209. The van der Waals surface area contributed by atoms with Gasteiger partial charge in [-0.3, -0.25) is 4.79 Å². The highest BCUT2D eigenvalue weighted by molar-refractivity contribution is 5.94. The van der Waals surface area contributed by atoms with Gasteiger partial charge in [0.15, 0.2) is 5.82 Å². The number of nitrogens with zero attached hydrogens (tertiary/aromatic N) is 1. The van der Waals surface area contributed by atoms with E-state index in [4.69, 9.17) is 27.8 Å². The van der Waals surface area contributed by atoms with Crippen LogP contribution in [0.1, 0.15) is 15.9 Å². The molecular weight excluding hydrogens is 272 g/mol. The third-order valence-electron chi connectivity index (χ3n) is 2.84. The van der Waals surface area contributed by atoms with Crippen molar-refractivity contribution in [1.29, 1.82) is 0 Å². The molecule has 9 N–H and O–H groups in total. The van der Waals surface area contributed by atoms with Crippen molar-refractivity contribution in [2.45, 2.75) is 6.61 Å². The van der Waals surface area contributed by atoms with Crippen molar-refractivity contribution < 1.29 is 9.53 Å². The van der Waals surface area contributed by atoms with Crippen LogP contribution < -0.4 is 33.2 Å². The lowest BCUT2D eigenvalue weighted by atomic mass is 10.1. The first kappa shape index (κ1) is 14.4. The topological polar surface area (TPSA) is 155 Å². The molecule has 21 heavy (non-hydrogen) atoms. The maximum atomic E-state index is 11.3. The van der Waals surface area contributed by atoms with Gasteiger partial charge in [-0.05, 0) is 6.07 Å². The maximum absolute atomic E-state index is 11.3. The number of carbonyl (C=O) groups excluding carboxylic acids is 1. The minimum atomic E-state index is -0.527. The van der Waals surface area contributed by atoms with E-state index < -0.39 is 5.91 Å². The van der Waals surface area contributed by atoms with Crippen molar-refractivity contribution in [3.8, 4) is 5.75 Å². The lowest BCUT2D eigenvalue weighted by Gasteiger charge is -2.13. The molecule has 1 aromatic carbocycles. The van der Waals surface area contributed by atoms with Crippen LogP contribution >= 0.6 is 0 Å². The van der Waals surface area contributed by atoms with E-state index in [0.717, 1.165) is 0 Å². The molecule has 0 aliphatic carbocycles. The summed E-state index contributed by atoms with van der Waals surface area (Å²) in [5.74, 6) is 5.50. The molecule has 0 aliphatic heterocycles. The fourth-order valence-electron chi connectivity index (χ4n) is 1.82. The molecule has 8 nitrogen and oxygen atoms in total. The first-order chi connectivity index (χ1) is 10.0. The third-order valence-corrected chi connectivity index (χ3v) is 2.84. The van der Waals surface area contributed by atoms with E-state index in [9.17, 15) is 4.79 Å². The molecule has 1 amide bonds. The number of nitrogens with two attached hydrogens (primary N) is 4. The van der Waals surface area contributed by atoms with E-state index in [-0.39, 0.29) is 23.9 Å². The van der Waals surface area contributed by atoms with Gasteiger partial charge in [-0.1, -0.05) is 18.2 Å². The minimum absolute atomic E-state index is 0.108. The number of aromatic nitrogens is 1. The SMILES string of the molecule is NNc1nc(N)cc(OCc2ccccc2C(N)=O)c1N. The summed E-state index contributed by atoms with van der Waals surface area (Å²) >= 11 is 0. The van der Waals surface area contributed by atoms with Crippen LogP contribution in [0.25, 0.3) is 0 Å². The summed E-state index contributed by atoms with van der Waals surface area (Å²) in [6, 6.07) is 8.34. The highest BCUT2D eigenvalue weighted by Gasteiger charge is 2.12. The van der Waals surface area contributed by atoms with Gasteiger partial charge in [-0.25, -0.2) is 10.8 Å². The second-order valence-corrected chi connectivity index (χ2v) is 4.26. The predicted molar refractivity (Wildman–Crippen MR) is 80.2 cm³/mol. The number of benzene rings is 1. The second-order valence-electron chi connectivity index (χ2n) is 4.26. The number of hydrazine groups is 1. The van der Waals surface area contributed by atoms with E-state index in [1.54, 1.807) is 24.3 Å². The zero-order valence-corrected chi connectivity index (χ0v) is 11.2. The standard InChI is InChI=1S/C13H16N6O2/c14-10-5-9(11(15)13(18-10)19-17)21-6-7-3-1-2-4-8(7)12(16)20/h1-5H,6,15,17H2,(H2,16,20)(H3,14,18,19). The number of anilines is 3. The summed E-state index contributed by atoms with van der Waals surface area (Å²) in [6.45, 7) is 0.108. The van der Waals surface area contributed by atoms with Gasteiger partial charge in [-0.2, -0.15) is 0 Å². The van der Waals surface area contributed by atoms with Gasteiger partial charge in [0, 0.05) is 17.2 Å². The Kier molecular flexibility index (Phi) is 4.10. The van der Waals surface area contributed by atoms with E-state index in [0.29, 0.717) is 16.9 Å². The summed E-state index contributed by atoms with van der Waals surface area (Å²) in [7, 11) is 0. The normalized spacial score (nSPS) is 10.1. The number of amides is 1. The lowest BCUT2D eigenvalue weighted by molar-refractivity contribution is 0.0998. The third kappa shape index (κ3) is 3.12. The van der Waals surface area contributed by atoms with Crippen LogP contribution in [0.4, 0.5) is 17.3 Å². The number of hydrogen-bond donors (Lipinski definition) is 5. The Morgan fingerprint density at radius 2 is 2.00 bits per heavy atom. The molecule has 8 heteroatoms. The second kappa shape index (κ2) is 5.97. The summed E-state index contributed by atoms with van der Waals surface area (Å²) in [4.78, 5) is 15.3. The van der Waals surface area contributed by atoms with Crippen LogP contribution in [0.3, 0.4) is 0 Å². The van der Waals surface area contributed by atoms with Crippen LogP contribution in [0.5, 0.6) is 5.75 Å². The molecule has 2 aromatic rings. The fraction of sp³-hybridized carbons (Fsp3) is 0.0769. The molecule has 0 atom stereocenters. The zero-order chi connectivity index (χ0) is 15.4. The summed E-state index contributed by atoms with van der Waals surface area (Å²) < 4.78 is 5.59. The van der Waals surface area contributed by atoms with E-state index in [1.165, 1.54) is 6.07 Å². The molecule has 0 unspecified atom stereocenters. The van der Waals surface area contributed by atoms with Gasteiger partial charge >= 0.3 is 0 Å². The largest absolute Gasteiger partial charge is 0.486 e. The first-order valence-electron chi connectivity index (χ1n) is 6.06. The highest BCUT2D eigenvalue weighted by atomic mass is 16.5. The van der Waals surface area contributed by atoms with E-state index in [1.807, 2.05) is 0 Å². The van der Waals surface area contributed by atoms with Crippen LogP contribution in [0.2, 0.25) is 0 Å². The van der Waals surface area contributed by atoms with Crippen LogP contribution in [0, 0.1) is 0 Å². The molecule has 0 saturated carbocycles. The lowest BCUT2D eigenvalue weighted by Crippen LogP contribution is -2.15. The van der Waals surface area contributed by atoms with Crippen LogP contribution in [-0.4, -0.2) is 10.9 Å². The molecule has 110 valence electrons. The highest BCUT2D eigenvalue weighted by Crippen LogP contribution is 2.30. The Labute approximate surface area is 121 Å². The average Bonchev–Trinajstić information content (AvgIpc) is 2.47. The smallest absolute Gasteiger partial charge is 0.249 e. The summed E-state index contributed by atoms with van der Waals surface area (Å²) in [5, 5.41) is 0. The molecule has 1 heterocycles. The number of nitrogens with one attached hydrogen (secondary N) is 1. The summed E-state index contributed by atoms with van der Waals surface area (Å²) in [5.41, 5.74) is 20.4. The zero-order valence-electron chi connectivity index (χ0n) is 11.2. The first-order valence-corrected chi connectivity index (χ1v) is 6.06. The Balaban J connectivity index is 2.25. The number of hydrogen-bond acceptors (Lipinski definition) is 7. The van der Waals surface area contributed by atoms with Gasteiger partial charge in [0.25, 0.3) is 0 Å². The maximum Gasteiger partial charge on any atom is 0.249 e. The molecule has 0 bridgehead atoms. The monoisotopic (exact) mass is 288 g/mol. The molecule has 1 aromatic heterocycles. The van der Waals surface area contributed by atoms with Crippen LogP contribution in [-0.2, 0) is 6.61 Å². The summed E-state index contributed by atoms with van der Waals surface area (Å²) in [6.07, 6.45) is 0.